The van der Waals surface area contributed by atoms with E-state index in [2.05, 4.69) is 26.9 Å². The molecule has 1 aromatic rings. The van der Waals surface area contributed by atoms with Crippen molar-refractivity contribution in [3.63, 3.8) is 0 Å². The molecule has 100 valence electrons. The summed E-state index contributed by atoms with van der Waals surface area (Å²) < 4.78 is 6.44. The van der Waals surface area contributed by atoms with Gasteiger partial charge < -0.3 is 14.7 Å². The van der Waals surface area contributed by atoms with Gasteiger partial charge in [0.2, 0.25) is 0 Å². The Balaban J connectivity index is 2.10. The van der Waals surface area contributed by atoms with Crippen LogP contribution >= 0.6 is 15.9 Å². The summed E-state index contributed by atoms with van der Waals surface area (Å²) in [5.74, 6) is 0. The highest BCUT2D eigenvalue weighted by molar-refractivity contribution is 9.10. The summed E-state index contributed by atoms with van der Waals surface area (Å²) in [5, 5.41) is 9.57. The van der Waals surface area contributed by atoms with Crippen LogP contribution in [-0.2, 0) is 4.74 Å². The number of anilines is 1. The zero-order valence-corrected chi connectivity index (χ0v) is 12.5. The first-order valence-corrected chi connectivity index (χ1v) is 7.16. The number of benzene rings is 1. The van der Waals surface area contributed by atoms with Crippen molar-refractivity contribution in [3.05, 3.63) is 28.2 Å². The number of nitrogens with zero attached hydrogens (tertiary/aromatic N) is 1. The molecule has 1 atom stereocenters. The van der Waals surface area contributed by atoms with Gasteiger partial charge in [0.15, 0.2) is 0 Å². The molecule has 1 aliphatic rings. The van der Waals surface area contributed by atoms with Crippen molar-refractivity contribution < 1.29 is 9.84 Å². The van der Waals surface area contributed by atoms with E-state index in [0.29, 0.717) is 6.10 Å². The Labute approximate surface area is 117 Å². The predicted octanol–water partition coefficient (Wildman–Crippen LogP) is 3.12. The van der Waals surface area contributed by atoms with Gasteiger partial charge >= 0.3 is 0 Å². The topological polar surface area (TPSA) is 32.7 Å². The van der Waals surface area contributed by atoms with Gasteiger partial charge in [0.05, 0.1) is 17.9 Å². The Morgan fingerprint density at radius 1 is 1.39 bits per heavy atom. The van der Waals surface area contributed by atoms with Crippen LogP contribution in [0.1, 0.15) is 31.4 Å². The lowest BCUT2D eigenvalue weighted by Gasteiger charge is -2.33. The SMILES string of the molecule is COC1CCN(c2ccc([C@H](C)O)cc2Br)CC1. The molecule has 0 bridgehead atoms. The monoisotopic (exact) mass is 313 g/mol. The minimum Gasteiger partial charge on any atom is -0.389 e. The van der Waals surface area contributed by atoms with Gasteiger partial charge in [0.25, 0.3) is 0 Å². The molecule has 0 spiro atoms. The van der Waals surface area contributed by atoms with Gasteiger partial charge in [-0.15, -0.1) is 0 Å². The molecule has 1 N–H and O–H groups in total. The number of aliphatic hydroxyl groups is 1. The fourth-order valence-corrected chi connectivity index (χ4v) is 3.02. The van der Waals surface area contributed by atoms with E-state index >= 15 is 0 Å². The molecule has 1 fully saturated rings. The number of halogens is 1. The van der Waals surface area contributed by atoms with Crippen LogP contribution in [0.15, 0.2) is 22.7 Å². The molecule has 0 aromatic heterocycles. The van der Waals surface area contributed by atoms with Crippen molar-refractivity contribution in [2.24, 2.45) is 0 Å². The van der Waals surface area contributed by atoms with Crippen molar-refractivity contribution in [2.45, 2.75) is 32.0 Å². The van der Waals surface area contributed by atoms with E-state index in [1.165, 1.54) is 5.69 Å². The summed E-state index contributed by atoms with van der Waals surface area (Å²) in [4.78, 5) is 2.37. The Morgan fingerprint density at radius 2 is 2.06 bits per heavy atom. The van der Waals surface area contributed by atoms with Crippen LogP contribution in [-0.4, -0.2) is 31.4 Å². The first kappa shape index (κ1) is 13.8. The Hall–Kier alpha value is -0.580. The van der Waals surface area contributed by atoms with Gasteiger partial charge in [-0.05, 0) is 53.4 Å². The van der Waals surface area contributed by atoms with Crippen LogP contribution in [0, 0.1) is 0 Å². The number of methoxy groups -OCH3 is 1. The first-order chi connectivity index (χ1) is 8.61. The third kappa shape index (κ3) is 3.05. The molecule has 0 amide bonds. The van der Waals surface area contributed by atoms with Crippen LogP contribution in [0.5, 0.6) is 0 Å². The van der Waals surface area contributed by atoms with E-state index in [0.717, 1.165) is 36.0 Å². The van der Waals surface area contributed by atoms with E-state index in [-0.39, 0.29) is 0 Å². The highest BCUT2D eigenvalue weighted by atomic mass is 79.9. The van der Waals surface area contributed by atoms with Gasteiger partial charge in [-0.2, -0.15) is 0 Å². The maximum absolute atomic E-state index is 9.57. The third-order valence-electron chi connectivity index (χ3n) is 3.57. The number of piperidine rings is 1. The average Bonchev–Trinajstić information content (AvgIpc) is 2.38. The standard InChI is InChI=1S/C14H20BrNO2/c1-10(17)11-3-4-14(13(15)9-11)16-7-5-12(18-2)6-8-16/h3-4,9-10,12,17H,5-8H2,1-2H3/t10-/m0/s1. The fraction of sp³-hybridized carbons (Fsp3) is 0.571. The first-order valence-electron chi connectivity index (χ1n) is 6.37. The second kappa shape index (κ2) is 6.04. The lowest BCUT2D eigenvalue weighted by atomic mass is 10.1. The van der Waals surface area contributed by atoms with Crippen LogP contribution < -0.4 is 4.90 Å². The Bertz CT molecular complexity index is 401. The largest absolute Gasteiger partial charge is 0.389 e. The summed E-state index contributed by atoms with van der Waals surface area (Å²) in [5.41, 5.74) is 2.14. The lowest BCUT2D eigenvalue weighted by Crippen LogP contribution is -2.36. The number of rotatable bonds is 3. The summed E-state index contributed by atoms with van der Waals surface area (Å²) in [6.45, 7) is 3.82. The van der Waals surface area contributed by atoms with E-state index < -0.39 is 6.10 Å². The predicted molar refractivity (Wildman–Crippen MR) is 77.0 cm³/mol. The highest BCUT2D eigenvalue weighted by Gasteiger charge is 2.20. The van der Waals surface area contributed by atoms with Gasteiger partial charge in [-0.3, -0.25) is 0 Å². The second-order valence-corrected chi connectivity index (χ2v) is 5.66. The van der Waals surface area contributed by atoms with E-state index in [9.17, 15) is 5.11 Å². The zero-order chi connectivity index (χ0) is 13.1. The summed E-state index contributed by atoms with van der Waals surface area (Å²) >= 11 is 3.60. The van der Waals surface area contributed by atoms with E-state index in [1.807, 2.05) is 12.1 Å². The third-order valence-corrected chi connectivity index (χ3v) is 4.21. The lowest BCUT2D eigenvalue weighted by molar-refractivity contribution is 0.0819. The normalized spacial score (nSPS) is 19.0. The zero-order valence-electron chi connectivity index (χ0n) is 10.9. The molecule has 2 rings (SSSR count). The fourth-order valence-electron chi connectivity index (χ4n) is 2.37. The Kier molecular flexibility index (Phi) is 4.65. The van der Waals surface area contributed by atoms with E-state index in [4.69, 9.17) is 4.74 Å². The molecule has 0 aliphatic carbocycles. The molecule has 1 saturated heterocycles. The minimum atomic E-state index is -0.422. The molecule has 1 aromatic carbocycles. The van der Waals surface area contributed by atoms with Crippen molar-refractivity contribution in [2.75, 3.05) is 25.1 Å². The van der Waals surface area contributed by atoms with Gasteiger partial charge in [0, 0.05) is 24.7 Å². The van der Waals surface area contributed by atoms with Crippen molar-refractivity contribution >= 4 is 21.6 Å². The second-order valence-electron chi connectivity index (χ2n) is 4.81. The van der Waals surface area contributed by atoms with Gasteiger partial charge in [0.1, 0.15) is 0 Å². The molecule has 18 heavy (non-hydrogen) atoms. The molecule has 0 unspecified atom stereocenters. The Morgan fingerprint density at radius 3 is 2.56 bits per heavy atom. The minimum absolute atomic E-state index is 0.400. The molecular formula is C14H20BrNO2. The van der Waals surface area contributed by atoms with Gasteiger partial charge in [-0.25, -0.2) is 0 Å². The smallest absolute Gasteiger partial charge is 0.0762 e. The van der Waals surface area contributed by atoms with Crippen LogP contribution in [0.3, 0.4) is 0 Å². The molecule has 0 radical (unpaired) electrons. The summed E-state index contributed by atoms with van der Waals surface area (Å²) in [6, 6.07) is 6.08. The van der Waals surface area contributed by atoms with Crippen LogP contribution in [0.2, 0.25) is 0 Å². The molecule has 1 heterocycles. The maximum Gasteiger partial charge on any atom is 0.0762 e. The molecule has 0 saturated carbocycles. The van der Waals surface area contributed by atoms with E-state index in [1.54, 1.807) is 14.0 Å². The maximum atomic E-state index is 9.57. The number of ether oxygens (including phenoxy) is 1. The van der Waals surface area contributed by atoms with Crippen molar-refractivity contribution in [1.82, 2.24) is 0 Å². The van der Waals surface area contributed by atoms with Crippen molar-refractivity contribution in [1.29, 1.82) is 0 Å². The van der Waals surface area contributed by atoms with Crippen molar-refractivity contribution in [3.8, 4) is 0 Å². The molecular weight excluding hydrogens is 294 g/mol. The number of hydrogen-bond acceptors (Lipinski definition) is 3. The van der Waals surface area contributed by atoms with Crippen LogP contribution in [0.25, 0.3) is 0 Å². The molecule has 4 heteroatoms. The van der Waals surface area contributed by atoms with Crippen LogP contribution in [0.4, 0.5) is 5.69 Å². The van der Waals surface area contributed by atoms with Gasteiger partial charge in [-0.1, -0.05) is 6.07 Å². The quantitative estimate of drug-likeness (QED) is 0.930. The molecule has 1 aliphatic heterocycles. The summed E-state index contributed by atoms with van der Waals surface area (Å²) in [6.07, 6.45) is 2.12. The number of aliphatic hydroxyl groups excluding tert-OH is 1. The summed E-state index contributed by atoms with van der Waals surface area (Å²) in [7, 11) is 1.79. The molecule has 3 nitrogen and oxygen atoms in total. The highest BCUT2D eigenvalue weighted by Crippen LogP contribution is 2.31. The number of hydrogen-bond donors (Lipinski definition) is 1. The average molecular weight is 314 g/mol.